The van der Waals surface area contributed by atoms with Crippen LogP contribution in [0.2, 0.25) is 0 Å². The third kappa shape index (κ3) is 7.74. The normalized spacial score (nSPS) is 14.1. The van der Waals surface area contributed by atoms with Crippen LogP contribution in [-0.4, -0.2) is 62.4 Å². The summed E-state index contributed by atoms with van der Waals surface area (Å²) >= 11 is 1.54. The third-order valence-electron chi connectivity index (χ3n) is 4.72. The molecule has 0 bridgehead atoms. The number of thioether (sulfide) groups is 1. The molecule has 0 aliphatic carbocycles. The summed E-state index contributed by atoms with van der Waals surface area (Å²) in [5, 5.41) is 25.2. The summed E-state index contributed by atoms with van der Waals surface area (Å²) in [6.45, 7) is 2.35. The number of hydrogen-bond acceptors (Lipinski definition) is 7. The number of rotatable bonds is 13. The molecule has 0 aliphatic heterocycles. The minimum atomic E-state index is -0.925. The molecule has 0 saturated heterocycles. The molecule has 4 N–H and O–H groups in total. The van der Waals surface area contributed by atoms with Crippen LogP contribution in [0.3, 0.4) is 0 Å². The molecule has 2 rings (SSSR count). The Labute approximate surface area is 180 Å². The van der Waals surface area contributed by atoms with Crippen LogP contribution in [0.1, 0.15) is 23.7 Å². The molecule has 0 aliphatic rings. The SMILES string of the molecule is CSC(C)NC(Cc1ncccc1CCNC(Cc1cccnc1)C(=O)O)C(=O)O. The lowest BCUT2D eigenvalue weighted by Gasteiger charge is -2.20. The Balaban J connectivity index is 1.99. The van der Waals surface area contributed by atoms with Crippen LogP contribution in [-0.2, 0) is 28.9 Å². The molecule has 3 unspecified atom stereocenters. The van der Waals surface area contributed by atoms with Gasteiger partial charge in [0.2, 0.25) is 0 Å². The van der Waals surface area contributed by atoms with Gasteiger partial charge in [-0.3, -0.25) is 24.9 Å². The van der Waals surface area contributed by atoms with Crippen LogP contribution in [0.5, 0.6) is 0 Å². The van der Waals surface area contributed by atoms with Gasteiger partial charge in [0.15, 0.2) is 0 Å². The first-order chi connectivity index (χ1) is 14.4. The third-order valence-corrected chi connectivity index (χ3v) is 5.56. The molecule has 0 aromatic carbocycles. The quantitative estimate of drug-likeness (QED) is 0.349. The number of pyridine rings is 2. The molecule has 0 spiro atoms. The van der Waals surface area contributed by atoms with Crippen molar-refractivity contribution in [2.45, 2.75) is 43.6 Å². The van der Waals surface area contributed by atoms with Gasteiger partial charge in [0.1, 0.15) is 12.1 Å². The van der Waals surface area contributed by atoms with E-state index in [1.807, 2.05) is 25.3 Å². The van der Waals surface area contributed by atoms with Gasteiger partial charge in [0.25, 0.3) is 0 Å². The smallest absolute Gasteiger partial charge is 0.321 e. The summed E-state index contributed by atoms with van der Waals surface area (Å²) in [6, 6.07) is 5.85. The minimum absolute atomic E-state index is 0.00345. The summed E-state index contributed by atoms with van der Waals surface area (Å²) in [7, 11) is 0. The highest BCUT2D eigenvalue weighted by molar-refractivity contribution is 7.99. The highest BCUT2D eigenvalue weighted by Gasteiger charge is 2.22. The standard InChI is InChI=1S/C21H28N4O4S/c1-14(30-2)25-19(21(28)29)12-17-16(6-4-9-23-17)7-10-24-18(20(26)27)11-15-5-3-8-22-13-15/h3-6,8-9,13-14,18-19,24-25H,7,10-12H2,1-2H3,(H,26,27)(H,28,29). The van der Waals surface area contributed by atoms with Crippen molar-refractivity contribution in [1.29, 1.82) is 0 Å². The Kier molecular flexibility index (Phi) is 9.72. The van der Waals surface area contributed by atoms with E-state index in [1.54, 1.807) is 42.5 Å². The Morgan fingerprint density at radius 2 is 1.83 bits per heavy atom. The maximum atomic E-state index is 11.6. The second kappa shape index (κ2) is 12.3. The van der Waals surface area contributed by atoms with E-state index < -0.39 is 24.0 Å². The average molecular weight is 433 g/mol. The second-order valence-corrected chi connectivity index (χ2v) is 8.09. The van der Waals surface area contributed by atoms with Gasteiger partial charge in [-0.2, -0.15) is 0 Å². The van der Waals surface area contributed by atoms with Gasteiger partial charge in [0.05, 0.1) is 5.37 Å². The molecule has 2 aromatic heterocycles. The van der Waals surface area contributed by atoms with Gasteiger partial charge in [-0.15, -0.1) is 11.8 Å². The number of nitrogens with one attached hydrogen (secondary N) is 2. The van der Waals surface area contributed by atoms with E-state index in [2.05, 4.69) is 20.6 Å². The zero-order valence-corrected chi connectivity index (χ0v) is 17.9. The predicted molar refractivity (Wildman–Crippen MR) is 117 cm³/mol. The van der Waals surface area contributed by atoms with E-state index in [0.717, 1.165) is 11.1 Å². The molecule has 9 heteroatoms. The number of aliphatic carboxylic acids is 2. The lowest BCUT2D eigenvalue weighted by atomic mass is 10.0. The Hall–Kier alpha value is -2.49. The maximum absolute atomic E-state index is 11.6. The van der Waals surface area contributed by atoms with Crippen molar-refractivity contribution in [3.63, 3.8) is 0 Å². The molecule has 0 amide bonds. The van der Waals surface area contributed by atoms with Crippen LogP contribution in [0.15, 0.2) is 42.9 Å². The van der Waals surface area contributed by atoms with E-state index in [1.165, 1.54) is 0 Å². The lowest BCUT2D eigenvalue weighted by molar-refractivity contribution is -0.140. The molecule has 8 nitrogen and oxygen atoms in total. The summed E-state index contributed by atoms with van der Waals surface area (Å²) in [6.07, 6.45) is 8.01. The number of carboxylic acids is 2. The number of carboxylic acid groups (broad SMARTS) is 2. The van der Waals surface area contributed by atoms with E-state index in [-0.39, 0.29) is 11.8 Å². The zero-order valence-electron chi connectivity index (χ0n) is 17.1. The molecule has 0 radical (unpaired) electrons. The first kappa shape index (κ1) is 23.8. The van der Waals surface area contributed by atoms with Crippen LogP contribution in [0, 0.1) is 0 Å². The first-order valence-electron chi connectivity index (χ1n) is 9.70. The molecule has 0 saturated carbocycles. The molecule has 30 heavy (non-hydrogen) atoms. The van der Waals surface area contributed by atoms with Gasteiger partial charge in [0, 0.05) is 37.3 Å². The van der Waals surface area contributed by atoms with Gasteiger partial charge >= 0.3 is 11.9 Å². The van der Waals surface area contributed by atoms with Gasteiger partial charge in [-0.1, -0.05) is 12.1 Å². The topological polar surface area (TPSA) is 124 Å². The van der Waals surface area contributed by atoms with Crippen LogP contribution in [0.4, 0.5) is 0 Å². The predicted octanol–water partition coefficient (Wildman–Crippen LogP) is 1.60. The summed E-state index contributed by atoms with van der Waals surface area (Å²) in [5.74, 6) is -1.85. The van der Waals surface area contributed by atoms with Crippen molar-refractivity contribution >= 4 is 23.7 Å². The second-order valence-electron chi connectivity index (χ2n) is 6.91. The average Bonchev–Trinajstić information content (AvgIpc) is 2.74. The van der Waals surface area contributed by atoms with Crippen LogP contribution >= 0.6 is 11.8 Å². The maximum Gasteiger partial charge on any atom is 0.321 e. The van der Waals surface area contributed by atoms with Crippen molar-refractivity contribution in [3.05, 3.63) is 59.7 Å². The fraction of sp³-hybridized carbons (Fsp3) is 0.429. The Morgan fingerprint density at radius 1 is 1.10 bits per heavy atom. The van der Waals surface area contributed by atoms with E-state index in [0.29, 0.717) is 25.1 Å². The van der Waals surface area contributed by atoms with Crippen molar-refractivity contribution in [2.24, 2.45) is 0 Å². The zero-order chi connectivity index (χ0) is 21.9. The van der Waals surface area contributed by atoms with Crippen molar-refractivity contribution in [3.8, 4) is 0 Å². The highest BCUT2D eigenvalue weighted by Crippen LogP contribution is 2.12. The van der Waals surface area contributed by atoms with Crippen molar-refractivity contribution in [2.75, 3.05) is 12.8 Å². The number of carbonyl (C=O) groups is 2. The fourth-order valence-electron chi connectivity index (χ4n) is 3.03. The number of aromatic nitrogens is 2. The molecule has 162 valence electrons. The monoisotopic (exact) mass is 432 g/mol. The van der Waals surface area contributed by atoms with E-state index in [9.17, 15) is 19.8 Å². The minimum Gasteiger partial charge on any atom is -0.480 e. The lowest BCUT2D eigenvalue weighted by Crippen LogP contribution is -2.42. The van der Waals surface area contributed by atoms with Gasteiger partial charge in [-0.25, -0.2) is 0 Å². The van der Waals surface area contributed by atoms with Gasteiger partial charge < -0.3 is 15.5 Å². The molecular formula is C21H28N4O4S. The molecule has 0 fully saturated rings. The summed E-state index contributed by atoms with van der Waals surface area (Å²) < 4.78 is 0. The van der Waals surface area contributed by atoms with Crippen molar-refractivity contribution < 1.29 is 19.8 Å². The summed E-state index contributed by atoms with van der Waals surface area (Å²) in [4.78, 5) is 31.6. The van der Waals surface area contributed by atoms with Crippen molar-refractivity contribution in [1.82, 2.24) is 20.6 Å². The first-order valence-corrected chi connectivity index (χ1v) is 11.0. The molecule has 2 heterocycles. The highest BCUT2D eigenvalue weighted by atomic mass is 32.2. The van der Waals surface area contributed by atoms with Gasteiger partial charge in [-0.05, 0) is 49.3 Å². The fourth-order valence-corrected chi connectivity index (χ4v) is 3.33. The van der Waals surface area contributed by atoms with Crippen LogP contribution in [0.25, 0.3) is 0 Å². The number of hydrogen-bond donors (Lipinski definition) is 4. The summed E-state index contributed by atoms with van der Waals surface area (Å²) in [5.41, 5.74) is 2.45. The Bertz CT molecular complexity index is 822. The van der Waals surface area contributed by atoms with E-state index in [4.69, 9.17) is 0 Å². The molecule has 3 atom stereocenters. The largest absolute Gasteiger partial charge is 0.480 e. The molecule has 2 aromatic rings. The molecular weight excluding hydrogens is 404 g/mol. The Morgan fingerprint density at radius 3 is 2.47 bits per heavy atom. The van der Waals surface area contributed by atoms with Crippen LogP contribution < -0.4 is 10.6 Å². The number of nitrogens with zero attached hydrogens (tertiary/aromatic N) is 2. The van der Waals surface area contributed by atoms with E-state index >= 15 is 0 Å².